The van der Waals surface area contributed by atoms with Crippen molar-refractivity contribution >= 4 is 28.8 Å². The SMILES string of the molecule is COc1cc(C)c2c(c1C(C)(CC(=O)O)c1nc3cc(C#N)ccc3n1C(=O)OC(C)(C)C)CCN2. The first-order chi connectivity index (χ1) is 16.9. The van der Waals surface area contributed by atoms with Gasteiger partial charge in [0.25, 0.3) is 0 Å². The zero-order valence-corrected chi connectivity index (χ0v) is 21.4. The third-order valence-electron chi connectivity index (χ3n) is 6.40. The normalized spacial score (nSPS) is 14.5. The summed E-state index contributed by atoms with van der Waals surface area (Å²) in [6, 6.07) is 8.77. The van der Waals surface area contributed by atoms with Crippen LogP contribution in [0.15, 0.2) is 24.3 Å². The van der Waals surface area contributed by atoms with Gasteiger partial charge in [0, 0.05) is 17.8 Å². The predicted molar refractivity (Wildman–Crippen MR) is 135 cm³/mol. The Morgan fingerprint density at radius 1 is 1.25 bits per heavy atom. The number of nitriles is 1. The van der Waals surface area contributed by atoms with E-state index in [9.17, 15) is 20.0 Å². The second kappa shape index (κ2) is 8.86. The quantitative estimate of drug-likeness (QED) is 0.524. The number of benzene rings is 2. The molecule has 36 heavy (non-hydrogen) atoms. The van der Waals surface area contributed by atoms with Crippen LogP contribution < -0.4 is 10.1 Å². The number of ether oxygens (including phenoxy) is 2. The van der Waals surface area contributed by atoms with Gasteiger partial charge in [-0.3, -0.25) is 4.79 Å². The molecule has 1 aromatic heterocycles. The third kappa shape index (κ3) is 4.24. The van der Waals surface area contributed by atoms with Crippen LogP contribution >= 0.6 is 0 Å². The molecule has 0 radical (unpaired) electrons. The minimum Gasteiger partial charge on any atom is -0.496 e. The monoisotopic (exact) mass is 490 g/mol. The number of carboxylic acids is 1. The number of carbonyl (C=O) groups is 2. The molecule has 9 nitrogen and oxygen atoms in total. The van der Waals surface area contributed by atoms with Gasteiger partial charge in [0.15, 0.2) is 0 Å². The van der Waals surface area contributed by atoms with E-state index in [1.807, 2.05) is 13.0 Å². The van der Waals surface area contributed by atoms with Gasteiger partial charge in [-0.25, -0.2) is 14.3 Å². The molecule has 3 aromatic rings. The average molecular weight is 491 g/mol. The first kappa shape index (κ1) is 25.0. The van der Waals surface area contributed by atoms with Crippen LogP contribution in [0.25, 0.3) is 11.0 Å². The van der Waals surface area contributed by atoms with Crippen molar-refractivity contribution in [3.63, 3.8) is 0 Å². The highest BCUT2D eigenvalue weighted by Gasteiger charge is 2.44. The molecule has 1 atom stereocenters. The summed E-state index contributed by atoms with van der Waals surface area (Å²) in [4.78, 5) is 30.6. The molecule has 9 heteroatoms. The van der Waals surface area contributed by atoms with E-state index >= 15 is 0 Å². The van der Waals surface area contributed by atoms with Crippen LogP contribution in [0.1, 0.15) is 62.2 Å². The van der Waals surface area contributed by atoms with Crippen LogP contribution in [0.4, 0.5) is 10.5 Å². The Kier molecular flexibility index (Phi) is 6.17. The Morgan fingerprint density at radius 2 is 1.97 bits per heavy atom. The number of imidazole rings is 1. The van der Waals surface area contributed by atoms with Crippen LogP contribution in [-0.4, -0.2) is 46.0 Å². The van der Waals surface area contributed by atoms with Crippen molar-refractivity contribution in [3.8, 4) is 11.8 Å². The van der Waals surface area contributed by atoms with Crippen molar-refractivity contribution in [1.29, 1.82) is 5.26 Å². The highest BCUT2D eigenvalue weighted by atomic mass is 16.6. The molecule has 2 aromatic carbocycles. The van der Waals surface area contributed by atoms with E-state index in [2.05, 4.69) is 11.4 Å². The number of hydrogen-bond acceptors (Lipinski definition) is 7. The Morgan fingerprint density at radius 3 is 2.58 bits per heavy atom. The van der Waals surface area contributed by atoms with Crippen molar-refractivity contribution in [2.45, 2.75) is 58.5 Å². The van der Waals surface area contributed by atoms with Gasteiger partial charge >= 0.3 is 12.1 Å². The fraction of sp³-hybridized carbons (Fsp3) is 0.407. The molecular weight excluding hydrogens is 460 g/mol. The summed E-state index contributed by atoms with van der Waals surface area (Å²) in [6.07, 6.45) is -0.360. The molecule has 0 fully saturated rings. The number of carboxylic acid groups (broad SMARTS) is 1. The maximum absolute atomic E-state index is 13.6. The molecule has 0 amide bonds. The third-order valence-corrected chi connectivity index (χ3v) is 6.40. The summed E-state index contributed by atoms with van der Waals surface area (Å²) in [5, 5.41) is 22.9. The molecule has 0 bridgehead atoms. The Bertz CT molecular complexity index is 1430. The smallest absolute Gasteiger partial charge is 0.420 e. The Balaban J connectivity index is 2.10. The van der Waals surface area contributed by atoms with Gasteiger partial charge in [-0.15, -0.1) is 0 Å². The predicted octanol–water partition coefficient (Wildman–Crippen LogP) is 4.76. The summed E-state index contributed by atoms with van der Waals surface area (Å²) in [6.45, 7) is 9.71. The number of methoxy groups -OCH3 is 1. The molecule has 2 heterocycles. The molecule has 0 aliphatic carbocycles. The van der Waals surface area contributed by atoms with Gasteiger partial charge < -0.3 is 19.9 Å². The molecule has 1 unspecified atom stereocenters. The van der Waals surface area contributed by atoms with Gasteiger partial charge in [-0.2, -0.15) is 5.26 Å². The lowest BCUT2D eigenvalue weighted by Crippen LogP contribution is -2.36. The molecule has 0 spiro atoms. The molecule has 2 N–H and O–H groups in total. The van der Waals surface area contributed by atoms with Gasteiger partial charge in [-0.1, -0.05) is 0 Å². The van der Waals surface area contributed by atoms with Gasteiger partial charge in [0.05, 0.1) is 41.6 Å². The van der Waals surface area contributed by atoms with Crippen molar-refractivity contribution in [3.05, 3.63) is 52.3 Å². The molecular formula is C27H30N4O5. The Hall–Kier alpha value is -4.06. The number of carbonyl (C=O) groups excluding carboxylic acids is 1. The number of nitrogens with one attached hydrogen (secondary N) is 1. The maximum atomic E-state index is 13.6. The maximum Gasteiger partial charge on any atom is 0.420 e. The van der Waals surface area contributed by atoms with E-state index in [0.29, 0.717) is 40.9 Å². The largest absolute Gasteiger partial charge is 0.496 e. The molecule has 4 rings (SSSR count). The number of aliphatic carboxylic acids is 1. The second-order valence-electron chi connectivity index (χ2n) is 10.3. The van der Waals surface area contributed by atoms with E-state index in [-0.39, 0.29) is 12.2 Å². The first-order valence-electron chi connectivity index (χ1n) is 11.7. The van der Waals surface area contributed by atoms with E-state index < -0.39 is 23.1 Å². The summed E-state index contributed by atoms with van der Waals surface area (Å²) in [5.41, 5.74) is 2.66. The van der Waals surface area contributed by atoms with Crippen LogP contribution in [0.5, 0.6) is 5.75 Å². The highest BCUT2D eigenvalue weighted by Crippen LogP contribution is 2.47. The minimum absolute atomic E-state index is 0.209. The molecule has 1 aliphatic rings. The van der Waals surface area contributed by atoms with Gasteiger partial charge in [0.1, 0.15) is 17.2 Å². The average Bonchev–Trinajstić information content (AvgIpc) is 3.42. The van der Waals surface area contributed by atoms with Gasteiger partial charge in [0.2, 0.25) is 0 Å². The van der Waals surface area contributed by atoms with E-state index in [1.165, 1.54) is 4.57 Å². The zero-order valence-electron chi connectivity index (χ0n) is 21.4. The zero-order chi connectivity index (χ0) is 26.4. The molecule has 188 valence electrons. The number of fused-ring (bicyclic) bond motifs is 2. The lowest BCUT2D eigenvalue weighted by atomic mass is 9.74. The Labute approximate surface area is 209 Å². The number of aryl methyl sites for hydroxylation is 1. The fourth-order valence-electron chi connectivity index (χ4n) is 5.02. The van der Waals surface area contributed by atoms with Crippen LogP contribution in [0.3, 0.4) is 0 Å². The van der Waals surface area contributed by atoms with E-state index in [0.717, 1.165) is 16.8 Å². The number of anilines is 1. The summed E-state index contributed by atoms with van der Waals surface area (Å²) < 4.78 is 12.8. The number of hydrogen-bond donors (Lipinski definition) is 2. The van der Waals surface area contributed by atoms with Crippen LogP contribution in [0, 0.1) is 18.3 Å². The highest BCUT2D eigenvalue weighted by molar-refractivity contribution is 5.89. The fourth-order valence-corrected chi connectivity index (χ4v) is 5.02. The first-order valence-corrected chi connectivity index (χ1v) is 11.7. The lowest BCUT2D eigenvalue weighted by molar-refractivity contribution is -0.138. The lowest BCUT2D eigenvalue weighted by Gasteiger charge is -2.32. The second-order valence-corrected chi connectivity index (χ2v) is 10.3. The number of rotatable bonds is 5. The number of aromatic nitrogens is 2. The van der Waals surface area contributed by atoms with Gasteiger partial charge in [-0.05, 0) is 76.4 Å². The van der Waals surface area contributed by atoms with Crippen LogP contribution in [-0.2, 0) is 21.4 Å². The summed E-state index contributed by atoms with van der Waals surface area (Å²) in [5.74, 6) is -0.319. The van der Waals surface area contributed by atoms with E-state index in [4.69, 9.17) is 14.5 Å². The van der Waals surface area contributed by atoms with Crippen molar-refractivity contribution in [2.75, 3.05) is 19.0 Å². The number of nitrogens with zero attached hydrogens (tertiary/aromatic N) is 3. The molecule has 1 aliphatic heterocycles. The van der Waals surface area contributed by atoms with E-state index in [1.54, 1.807) is 53.0 Å². The standard InChI is InChI=1S/C27H30N4O5/c1-15-11-20(35-6)22(17-9-10-29-23(15)17)27(5,13-21(32)33)24-30-18-12-16(14-28)7-8-19(18)31(24)25(34)36-26(2,3)4/h7-8,11-12,29H,9-10,13H2,1-6H3,(H,32,33). The van der Waals surface area contributed by atoms with Crippen molar-refractivity contribution in [1.82, 2.24) is 9.55 Å². The molecule has 0 saturated carbocycles. The summed E-state index contributed by atoms with van der Waals surface area (Å²) in [7, 11) is 1.55. The minimum atomic E-state index is -1.27. The topological polar surface area (TPSA) is 126 Å². The van der Waals surface area contributed by atoms with Crippen molar-refractivity contribution < 1.29 is 24.2 Å². The molecule has 0 saturated heterocycles. The van der Waals surface area contributed by atoms with Crippen LogP contribution in [0.2, 0.25) is 0 Å². The van der Waals surface area contributed by atoms with Crippen molar-refractivity contribution in [2.24, 2.45) is 0 Å². The summed E-state index contributed by atoms with van der Waals surface area (Å²) >= 11 is 0.